The van der Waals surface area contributed by atoms with Crippen LogP contribution in [0.1, 0.15) is 29.0 Å². The fourth-order valence-corrected chi connectivity index (χ4v) is 3.52. The number of fused-ring (bicyclic) bond motifs is 1. The first-order valence-electron chi connectivity index (χ1n) is 10.00. The van der Waals surface area contributed by atoms with Gasteiger partial charge in [0.05, 0.1) is 12.2 Å². The third-order valence-corrected chi connectivity index (χ3v) is 4.93. The Hall–Kier alpha value is -4.00. The highest BCUT2D eigenvalue weighted by molar-refractivity contribution is 6.12. The van der Waals surface area contributed by atoms with Gasteiger partial charge in [-0.1, -0.05) is 24.3 Å². The molecule has 2 amide bonds. The lowest BCUT2D eigenvalue weighted by atomic mass is 10.0. The molecule has 158 valence electrons. The molecule has 0 radical (unpaired) electrons. The standard InChI is InChI=1S/C24H23N3O4/c1-2-30-18-13-9-17(10-14-18)27-23(26-21-6-4-3-5-20(21)24(27)29)16-7-11-19(12-8-16)31-15-22(25)28/h3-14,23,26H,2,15H2,1H3,(H2,25,28)/t23-/m1/s1. The fourth-order valence-electron chi connectivity index (χ4n) is 3.52. The van der Waals surface area contributed by atoms with Crippen molar-refractivity contribution in [1.29, 1.82) is 0 Å². The van der Waals surface area contributed by atoms with E-state index in [1.54, 1.807) is 17.0 Å². The predicted molar refractivity (Wildman–Crippen MR) is 118 cm³/mol. The average Bonchev–Trinajstić information content (AvgIpc) is 2.79. The summed E-state index contributed by atoms with van der Waals surface area (Å²) >= 11 is 0. The maximum absolute atomic E-state index is 13.4. The number of ether oxygens (including phenoxy) is 2. The second-order valence-electron chi connectivity index (χ2n) is 7.02. The van der Waals surface area contributed by atoms with Gasteiger partial charge in [-0.05, 0) is 61.0 Å². The first-order chi connectivity index (χ1) is 15.1. The van der Waals surface area contributed by atoms with E-state index in [9.17, 15) is 9.59 Å². The van der Waals surface area contributed by atoms with Crippen molar-refractivity contribution >= 4 is 23.2 Å². The number of anilines is 2. The first-order valence-corrected chi connectivity index (χ1v) is 10.00. The van der Waals surface area contributed by atoms with E-state index in [4.69, 9.17) is 15.2 Å². The number of para-hydroxylation sites is 1. The van der Waals surface area contributed by atoms with E-state index < -0.39 is 12.1 Å². The molecule has 31 heavy (non-hydrogen) atoms. The van der Waals surface area contributed by atoms with Crippen LogP contribution >= 0.6 is 0 Å². The van der Waals surface area contributed by atoms with Crippen LogP contribution in [-0.2, 0) is 4.79 Å². The minimum Gasteiger partial charge on any atom is -0.494 e. The van der Waals surface area contributed by atoms with E-state index in [1.165, 1.54) is 0 Å². The normalized spacial score (nSPS) is 15.1. The van der Waals surface area contributed by atoms with Crippen LogP contribution in [0.5, 0.6) is 11.5 Å². The number of hydrogen-bond donors (Lipinski definition) is 2. The van der Waals surface area contributed by atoms with Gasteiger partial charge >= 0.3 is 0 Å². The van der Waals surface area contributed by atoms with E-state index in [-0.39, 0.29) is 12.5 Å². The van der Waals surface area contributed by atoms with Gasteiger partial charge in [0, 0.05) is 11.4 Å². The number of rotatable bonds is 7. The van der Waals surface area contributed by atoms with Gasteiger partial charge in [0.15, 0.2) is 6.61 Å². The Balaban J connectivity index is 1.69. The van der Waals surface area contributed by atoms with E-state index in [0.29, 0.717) is 17.9 Å². The van der Waals surface area contributed by atoms with E-state index in [1.807, 2.05) is 67.6 Å². The molecular weight excluding hydrogens is 394 g/mol. The number of carbonyl (C=O) groups is 2. The molecule has 0 unspecified atom stereocenters. The Morgan fingerprint density at radius 1 is 0.968 bits per heavy atom. The quantitative estimate of drug-likeness (QED) is 0.611. The number of primary amides is 1. The zero-order valence-electron chi connectivity index (χ0n) is 17.1. The summed E-state index contributed by atoms with van der Waals surface area (Å²) in [7, 11) is 0. The Kier molecular flexibility index (Phi) is 5.75. The number of nitrogens with two attached hydrogens (primary N) is 1. The van der Waals surface area contributed by atoms with Gasteiger partial charge in [-0.3, -0.25) is 14.5 Å². The lowest BCUT2D eigenvalue weighted by molar-refractivity contribution is -0.119. The number of nitrogens with one attached hydrogen (secondary N) is 1. The molecule has 7 nitrogen and oxygen atoms in total. The molecule has 3 aromatic carbocycles. The summed E-state index contributed by atoms with van der Waals surface area (Å²) in [6.45, 7) is 2.31. The molecule has 4 rings (SSSR count). The van der Waals surface area contributed by atoms with Crippen LogP contribution in [0.15, 0.2) is 72.8 Å². The SMILES string of the molecule is CCOc1ccc(N2C(=O)c3ccccc3N[C@H]2c2ccc(OCC(N)=O)cc2)cc1. The monoisotopic (exact) mass is 417 g/mol. The molecule has 3 aromatic rings. The second kappa shape index (κ2) is 8.79. The molecule has 0 fully saturated rings. The van der Waals surface area contributed by atoms with Crippen molar-refractivity contribution in [2.24, 2.45) is 5.73 Å². The van der Waals surface area contributed by atoms with Crippen molar-refractivity contribution in [3.63, 3.8) is 0 Å². The van der Waals surface area contributed by atoms with Crippen LogP contribution in [0.2, 0.25) is 0 Å². The molecule has 0 saturated heterocycles. The lowest BCUT2D eigenvalue weighted by Gasteiger charge is -2.38. The smallest absolute Gasteiger partial charge is 0.262 e. The molecule has 0 saturated carbocycles. The third kappa shape index (κ3) is 4.30. The summed E-state index contributed by atoms with van der Waals surface area (Å²) in [5.41, 5.74) is 8.12. The highest BCUT2D eigenvalue weighted by Crippen LogP contribution is 2.37. The van der Waals surface area contributed by atoms with E-state index >= 15 is 0 Å². The minimum atomic E-state index is -0.540. The van der Waals surface area contributed by atoms with Gasteiger partial charge in [0.2, 0.25) is 0 Å². The molecule has 1 aliphatic heterocycles. The maximum Gasteiger partial charge on any atom is 0.262 e. The molecule has 1 heterocycles. The Bertz CT molecular complexity index is 1080. The topological polar surface area (TPSA) is 93.9 Å². The number of hydrogen-bond acceptors (Lipinski definition) is 5. The molecule has 0 spiro atoms. The molecule has 0 bridgehead atoms. The van der Waals surface area contributed by atoms with Crippen LogP contribution in [-0.4, -0.2) is 25.0 Å². The van der Waals surface area contributed by atoms with Gasteiger partial charge in [-0.2, -0.15) is 0 Å². The van der Waals surface area contributed by atoms with Crippen molar-refractivity contribution < 1.29 is 19.1 Å². The molecule has 0 aromatic heterocycles. The number of amides is 2. The summed E-state index contributed by atoms with van der Waals surface area (Å²) in [5, 5.41) is 3.46. The van der Waals surface area contributed by atoms with Crippen LogP contribution in [0.4, 0.5) is 11.4 Å². The van der Waals surface area contributed by atoms with Crippen LogP contribution < -0.4 is 25.4 Å². The van der Waals surface area contributed by atoms with Gasteiger partial charge < -0.3 is 20.5 Å². The maximum atomic E-state index is 13.4. The highest BCUT2D eigenvalue weighted by Gasteiger charge is 2.34. The zero-order chi connectivity index (χ0) is 21.8. The molecule has 7 heteroatoms. The van der Waals surface area contributed by atoms with E-state index in [0.717, 1.165) is 22.7 Å². The summed E-state index contributed by atoms with van der Waals surface area (Å²) in [5.74, 6) is 0.633. The molecule has 1 aliphatic rings. The summed E-state index contributed by atoms with van der Waals surface area (Å²) < 4.78 is 10.9. The minimum absolute atomic E-state index is 0.0995. The molecule has 1 atom stereocenters. The fraction of sp³-hybridized carbons (Fsp3) is 0.167. The van der Waals surface area contributed by atoms with E-state index in [2.05, 4.69) is 5.32 Å². The predicted octanol–water partition coefficient (Wildman–Crippen LogP) is 3.72. The Morgan fingerprint density at radius 3 is 2.29 bits per heavy atom. The van der Waals surface area contributed by atoms with Gasteiger partial charge in [-0.15, -0.1) is 0 Å². The zero-order valence-corrected chi connectivity index (χ0v) is 17.1. The molecule has 0 aliphatic carbocycles. The van der Waals surface area contributed by atoms with Crippen LogP contribution in [0.3, 0.4) is 0 Å². The summed E-state index contributed by atoms with van der Waals surface area (Å²) in [6.07, 6.45) is -0.425. The van der Waals surface area contributed by atoms with Crippen molar-refractivity contribution in [2.75, 3.05) is 23.4 Å². The van der Waals surface area contributed by atoms with Crippen molar-refractivity contribution in [1.82, 2.24) is 0 Å². The van der Waals surface area contributed by atoms with Gasteiger partial charge in [-0.25, -0.2) is 0 Å². The first kappa shape index (κ1) is 20.3. The third-order valence-electron chi connectivity index (χ3n) is 4.93. The Labute approximate surface area is 180 Å². The lowest BCUT2D eigenvalue weighted by Crippen LogP contribution is -2.43. The van der Waals surface area contributed by atoms with Crippen LogP contribution in [0, 0.1) is 0 Å². The number of nitrogens with zero attached hydrogens (tertiary/aromatic N) is 1. The van der Waals surface area contributed by atoms with Crippen molar-refractivity contribution in [3.8, 4) is 11.5 Å². The van der Waals surface area contributed by atoms with Crippen molar-refractivity contribution in [3.05, 3.63) is 83.9 Å². The van der Waals surface area contributed by atoms with Gasteiger partial charge in [0.25, 0.3) is 11.8 Å². The van der Waals surface area contributed by atoms with Crippen molar-refractivity contribution in [2.45, 2.75) is 13.1 Å². The highest BCUT2D eigenvalue weighted by atomic mass is 16.5. The van der Waals surface area contributed by atoms with Crippen LogP contribution in [0.25, 0.3) is 0 Å². The average molecular weight is 417 g/mol. The number of benzene rings is 3. The molecule has 3 N–H and O–H groups in total. The van der Waals surface area contributed by atoms with Gasteiger partial charge in [0.1, 0.15) is 17.7 Å². The summed E-state index contributed by atoms with van der Waals surface area (Å²) in [4.78, 5) is 26.1. The second-order valence-corrected chi connectivity index (χ2v) is 7.02. The molecular formula is C24H23N3O4. The number of carbonyl (C=O) groups excluding carboxylic acids is 2. The Morgan fingerprint density at radius 2 is 1.61 bits per heavy atom. The summed E-state index contributed by atoms with van der Waals surface area (Å²) in [6, 6.07) is 22.1. The largest absolute Gasteiger partial charge is 0.494 e.